The molecule has 3 rings (SSSR count). The Balaban J connectivity index is 1.96. The average Bonchev–Trinajstić information content (AvgIpc) is 3.10. The fourth-order valence-electron chi connectivity index (χ4n) is 3.43. The van der Waals surface area contributed by atoms with Crippen molar-refractivity contribution < 1.29 is 13.2 Å². The maximum absolute atomic E-state index is 12.9. The lowest BCUT2D eigenvalue weighted by Gasteiger charge is -2.21. The zero-order valence-electron chi connectivity index (χ0n) is 18.1. The Bertz CT molecular complexity index is 1290. The topological polar surface area (TPSA) is 71.7 Å². The van der Waals surface area contributed by atoms with Crippen LogP contribution >= 0.6 is 34.5 Å². The van der Waals surface area contributed by atoms with Crippen LogP contribution in [-0.4, -0.2) is 36.3 Å². The molecule has 0 bridgehead atoms. The third kappa shape index (κ3) is 5.10. The largest absolute Gasteiger partial charge is 0.315 e. The van der Waals surface area contributed by atoms with Crippen LogP contribution in [0.15, 0.2) is 46.3 Å². The minimum atomic E-state index is -3.60. The second-order valence-corrected chi connectivity index (χ2v) is 11.0. The van der Waals surface area contributed by atoms with E-state index in [-0.39, 0.29) is 4.90 Å². The Kier molecular flexibility index (Phi) is 8.16. The molecular weight excluding hydrogens is 489 g/mol. The van der Waals surface area contributed by atoms with Crippen LogP contribution in [0.3, 0.4) is 0 Å². The van der Waals surface area contributed by atoms with Crippen molar-refractivity contribution >= 4 is 60.7 Å². The molecular formula is C22H25Cl2N3O3S2. The summed E-state index contributed by atoms with van der Waals surface area (Å²) in [7, 11) is -3.60. The van der Waals surface area contributed by atoms with Gasteiger partial charge in [0.15, 0.2) is 4.80 Å². The summed E-state index contributed by atoms with van der Waals surface area (Å²) < 4.78 is 30.0. The molecule has 1 aromatic heterocycles. The van der Waals surface area contributed by atoms with Gasteiger partial charge in [0, 0.05) is 30.2 Å². The van der Waals surface area contributed by atoms with E-state index < -0.39 is 15.9 Å². The van der Waals surface area contributed by atoms with Gasteiger partial charge in [0.1, 0.15) is 0 Å². The van der Waals surface area contributed by atoms with Crippen LogP contribution in [0.1, 0.15) is 44.0 Å². The Morgan fingerprint density at radius 2 is 1.69 bits per heavy atom. The number of nitrogens with zero attached hydrogens (tertiary/aromatic N) is 3. The quantitative estimate of drug-likeness (QED) is 0.394. The monoisotopic (exact) mass is 513 g/mol. The smallest absolute Gasteiger partial charge is 0.279 e. The Labute approximate surface area is 202 Å². The number of aryl methyl sites for hydroxylation is 1. The van der Waals surface area contributed by atoms with Crippen molar-refractivity contribution in [1.29, 1.82) is 0 Å². The molecule has 32 heavy (non-hydrogen) atoms. The molecule has 1 amide bonds. The SMILES string of the molecule is CCCN(CCC)S(=O)(=O)c1ccc(C(=O)N=c2sc3cc(Cl)cc(Cl)c3n2CC)cc1. The molecule has 10 heteroatoms. The molecule has 0 aliphatic heterocycles. The summed E-state index contributed by atoms with van der Waals surface area (Å²) in [5.74, 6) is -0.455. The first-order chi connectivity index (χ1) is 15.2. The number of amides is 1. The van der Waals surface area contributed by atoms with Crippen LogP contribution in [0, 0.1) is 0 Å². The number of halogens is 2. The molecule has 0 saturated carbocycles. The molecule has 0 fully saturated rings. The Morgan fingerprint density at radius 1 is 1.06 bits per heavy atom. The summed E-state index contributed by atoms with van der Waals surface area (Å²) in [6.07, 6.45) is 1.47. The number of aromatic nitrogens is 1. The third-order valence-corrected chi connectivity index (χ3v) is 8.34. The van der Waals surface area contributed by atoms with Crippen molar-refractivity contribution in [2.75, 3.05) is 13.1 Å². The number of fused-ring (bicyclic) bond motifs is 1. The van der Waals surface area contributed by atoms with Crippen LogP contribution in [0.5, 0.6) is 0 Å². The van der Waals surface area contributed by atoms with Gasteiger partial charge < -0.3 is 4.57 Å². The van der Waals surface area contributed by atoms with Gasteiger partial charge in [-0.15, -0.1) is 0 Å². The molecule has 0 unspecified atom stereocenters. The maximum Gasteiger partial charge on any atom is 0.279 e. The van der Waals surface area contributed by atoms with Gasteiger partial charge in [0.2, 0.25) is 10.0 Å². The summed E-state index contributed by atoms with van der Waals surface area (Å²) >= 11 is 13.8. The predicted molar refractivity (Wildman–Crippen MR) is 131 cm³/mol. The standard InChI is InChI=1S/C22H25Cl2N3O3S2/c1-4-11-26(12-5-2)32(29,30)17-9-7-15(8-10-17)21(28)25-22-27(6-3)20-18(24)13-16(23)14-19(20)31-22/h7-10,13-14H,4-6,11-12H2,1-3H3. The van der Waals surface area contributed by atoms with Crippen LogP contribution in [0.4, 0.5) is 0 Å². The molecule has 0 radical (unpaired) electrons. The second kappa shape index (κ2) is 10.5. The van der Waals surface area contributed by atoms with E-state index in [1.165, 1.54) is 39.9 Å². The van der Waals surface area contributed by atoms with Crippen molar-refractivity contribution in [2.45, 2.75) is 45.1 Å². The molecule has 6 nitrogen and oxygen atoms in total. The van der Waals surface area contributed by atoms with E-state index in [0.29, 0.717) is 40.0 Å². The molecule has 0 N–H and O–H groups in total. The summed E-state index contributed by atoms with van der Waals surface area (Å²) in [4.78, 5) is 17.8. The molecule has 2 aromatic carbocycles. The van der Waals surface area contributed by atoms with Gasteiger partial charge >= 0.3 is 0 Å². The Morgan fingerprint density at radius 3 is 2.25 bits per heavy atom. The normalized spacial score (nSPS) is 12.8. The lowest BCUT2D eigenvalue weighted by molar-refractivity contribution is 0.0997. The number of thiazole rings is 1. The highest BCUT2D eigenvalue weighted by Crippen LogP contribution is 2.29. The summed E-state index contributed by atoms with van der Waals surface area (Å²) in [6, 6.07) is 9.39. The van der Waals surface area contributed by atoms with Gasteiger partial charge in [-0.3, -0.25) is 4.79 Å². The van der Waals surface area contributed by atoms with Gasteiger partial charge in [-0.1, -0.05) is 48.4 Å². The molecule has 3 aromatic rings. The molecule has 1 heterocycles. The summed E-state index contributed by atoms with van der Waals surface area (Å²) in [5, 5.41) is 1.01. The molecule has 0 atom stereocenters. The lowest BCUT2D eigenvalue weighted by Crippen LogP contribution is -2.32. The van der Waals surface area contributed by atoms with Gasteiger partial charge in [-0.05, 0) is 56.2 Å². The van der Waals surface area contributed by atoms with Gasteiger partial charge in [-0.25, -0.2) is 8.42 Å². The van der Waals surface area contributed by atoms with Crippen LogP contribution < -0.4 is 4.80 Å². The number of carbonyl (C=O) groups is 1. The van der Waals surface area contributed by atoms with Gasteiger partial charge in [0.05, 0.1) is 20.1 Å². The third-order valence-electron chi connectivity index (χ3n) is 4.89. The average molecular weight is 515 g/mol. The molecule has 0 aliphatic carbocycles. The van der Waals surface area contributed by atoms with E-state index in [2.05, 4.69) is 4.99 Å². The van der Waals surface area contributed by atoms with E-state index in [1.807, 2.05) is 25.3 Å². The number of carbonyl (C=O) groups excluding carboxylic acids is 1. The van der Waals surface area contributed by atoms with Crippen molar-refractivity contribution in [1.82, 2.24) is 8.87 Å². The van der Waals surface area contributed by atoms with Crippen molar-refractivity contribution in [2.24, 2.45) is 4.99 Å². The molecule has 0 aliphatic rings. The first kappa shape index (κ1) is 24.9. The first-order valence-corrected chi connectivity index (χ1v) is 13.4. The highest BCUT2D eigenvalue weighted by Gasteiger charge is 2.23. The second-order valence-electron chi connectivity index (χ2n) is 7.21. The number of hydrogen-bond donors (Lipinski definition) is 0. The van der Waals surface area contributed by atoms with Gasteiger partial charge in [0.25, 0.3) is 5.91 Å². The Hall–Kier alpha value is -1.71. The highest BCUT2D eigenvalue weighted by atomic mass is 35.5. The number of hydrogen-bond acceptors (Lipinski definition) is 4. The van der Waals surface area contributed by atoms with E-state index in [9.17, 15) is 13.2 Å². The van der Waals surface area contributed by atoms with Crippen molar-refractivity contribution in [3.8, 4) is 0 Å². The van der Waals surface area contributed by atoms with Gasteiger partial charge in [-0.2, -0.15) is 9.30 Å². The van der Waals surface area contributed by atoms with Crippen LogP contribution in [0.25, 0.3) is 10.2 Å². The minimum Gasteiger partial charge on any atom is -0.315 e. The van der Waals surface area contributed by atoms with Crippen molar-refractivity contribution in [3.05, 3.63) is 56.8 Å². The number of sulfonamides is 1. The summed E-state index contributed by atoms with van der Waals surface area (Å²) in [5.41, 5.74) is 1.09. The van der Waals surface area contributed by atoms with Crippen molar-refractivity contribution in [3.63, 3.8) is 0 Å². The van der Waals surface area contributed by atoms with E-state index in [0.717, 1.165) is 23.1 Å². The van der Waals surface area contributed by atoms with E-state index in [4.69, 9.17) is 23.2 Å². The molecule has 172 valence electrons. The maximum atomic E-state index is 12.9. The number of rotatable bonds is 8. The van der Waals surface area contributed by atoms with E-state index >= 15 is 0 Å². The number of benzene rings is 2. The fourth-order valence-corrected chi connectivity index (χ4v) is 6.93. The minimum absolute atomic E-state index is 0.169. The molecule has 0 saturated heterocycles. The summed E-state index contributed by atoms with van der Waals surface area (Å²) in [6.45, 7) is 7.33. The first-order valence-electron chi connectivity index (χ1n) is 10.4. The highest BCUT2D eigenvalue weighted by molar-refractivity contribution is 7.89. The predicted octanol–water partition coefficient (Wildman–Crippen LogP) is 5.58. The zero-order chi connectivity index (χ0) is 23.5. The molecule has 0 spiro atoms. The zero-order valence-corrected chi connectivity index (χ0v) is 21.3. The van der Waals surface area contributed by atoms with Crippen LogP contribution in [0.2, 0.25) is 10.0 Å². The lowest BCUT2D eigenvalue weighted by atomic mass is 10.2. The van der Waals surface area contributed by atoms with E-state index in [1.54, 1.807) is 12.1 Å². The fraction of sp³-hybridized carbons (Fsp3) is 0.364. The van der Waals surface area contributed by atoms with Crippen LogP contribution in [-0.2, 0) is 16.6 Å².